The van der Waals surface area contributed by atoms with Crippen molar-refractivity contribution in [2.24, 2.45) is 0 Å². The molecule has 0 aliphatic heterocycles. The molecule has 0 N–H and O–H groups in total. The van der Waals surface area contributed by atoms with Gasteiger partial charge in [0.2, 0.25) is 0 Å². The molecule has 2 heteroatoms. The molecule has 0 radical (unpaired) electrons. The van der Waals surface area contributed by atoms with Crippen molar-refractivity contribution in [2.75, 3.05) is 6.61 Å². The molecular formula is C10H11FO. The Labute approximate surface area is 71.5 Å². The zero-order valence-electron chi connectivity index (χ0n) is 7.01. The normalized spacial score (nSPS) is 9.50. The highest BCUT2D eigenvalue weighted by Crippen LogP contribution is 2.15. The lowest BCUT2D eigenvalue weighted by molar-refractivity contribution is 0.360. The Morgan fingerprint density at radius 3 is 2.83 bits per heavy atom. The Hall–Kier alpha value is -1.31. The first-order valence-electron chi connectivity index (χ1n) is 3.73. The average Bonchev–Trinajstić information content (AvgIpc) is 1.99. The maximum absolute atomic E-state index is 12.7. The fourth-order valence-electron chi connectivity index (χ4n) is 0.941. The highest BCUT2D eigenvalue weighted by Gasteiger charge is 1.96. The third-order valence-corrected chi connectivity index (χ3v) is 1.38. The van der Waals surface area contributed by atoms with Crippen molar-refractivity contribution < 1.29 is 9.13 Å². The summed E-state index contributed by atoms with van der Waals surface area (Å²) >= 11 is 0. The van der Waals surface area contributed by atoms with E-state index in [9.17, 15) is 4.39 Å². The zero-order chi connectivity index (χ0) is 8.97. The fraction of sp³-hybridized carbons (Fsp3) is 0.200. The SMILES string of the molecule is C=CCOc1cc(C)cc(F)c1. The lowest BCUT2D eigenvalue weighted by atomic mass is 10.2. The smallest absolute Gasteiger partial charge is 0.127 e. The highest BCUT2D eigenvalue weighted by atomic mass is 19.1. The lowest BCUT2D eigenvalue weighted by Crippen LogP contribution is -1.93. The van der Waals surface area contributed by atoms with Crippen LogP contribution in [0.15, 0.2) is 30.9 Å². The van der Waals surface area contributed by atoms with E-state index in [1.165, 1.54) is 12.1 Å². The van der Waals surface area contributed by atoms with Crippen molar-refractivity contribution in [1.82, 2.24) is 0 Å². The van der Waals surface area contributed by atoms with Gasteiger partial charge in [-0.3, -0.25) is 0 Å². The van der Waals surface area contributed by atoms with Crippen molar-refractivity contribution >= 4 is 0 Å². The predicted octanol–water partition coefficient (Wildman–Crippen LogP) is 2.70. The molecule has 1 aromatic carbocycles. The second-order valence-corrected chi connectivity index (χ2v) is 2.56. The number of hydrogen-bond donors (Lipinski definition) is 0. The molecule has 0 spiro atoms. The molecule has 0 atom stereocenters. The van der Waals surface area contributed by atoms with Crippen LogP contribution >= 0.6 is 0 Å². The first kappa shape index (κ1) is 8.78. The average molecular weight is 166 g/mol. The summed E-state index contributed by atoms with van der Waals surface area (Å²) in [6.45, 7) is 5.73. The Morgan fingerprint density at radius 2 is 2.25 bits per heavy atom. The highest BCUT2D eigenvalue weighted by molar-refractivity contribution is 5.28. The minimum absolute atomic E-state index is 0.269. The van der Waals surface area contributed by atoms with Gasteiger partial charge in [-0.05, 0) is 24.6 Å². The third kappa shape index (κ3) is 2.38. The second kappa shape index (κ2) is 3.90. The number of rotatable bonds is 3. The topological polar surface area (TPSA) is 9.23 Å². The fourth-order valence-corrected chi connectivity index (χ4v) is 0.941. The molecule has 1 nitrogen and oxygen atoms in total. The van der Waals surface area contributed by atoms with Gasteiger partial charge in [0, 0.05) is 6.07 Å². The molecule has 64 valence electrons. The molecule has 1 rings (SSSR count). The summed E-state index contributed by atoms with van der Waals surface area (Å²) in [4.78, 5) is 0. The summed E-state index contributed by atoms with van der Waals surface area (Å²) in [5.41, 5.74) is 0.856. The van der Waals surface area contributed by atoms with Crippen LogP contribution < -0.4 is 4.74 Å². The van der Waals surface area contributed by atoms with Crippen LogP contribution in [-0.4, -0.2) is 6.61 Å². The van der Waals surface area contributed by atoms with Crippen LogP contribution in [0, 0.1) is 12.7 Å². The molecule has 0 unspecified atom stereocenters. The van der Waals surface area contributed by atoms with Crippen molar-refractivity contribution in [3.63, 3.8) is 0 Å². The summed E-state index contributed by atoms with van der Waals surface area (Å²) < 4.78 is 17.9. The molecule has 0 aliphatic carbocycles. The number of aryl methyl sites for hydroxylation is 1. The van der Waals surface area contributed by atoms with Gasteiger partial charge in [-0.25, -0.2) is 4.39 Å². The van der Waals surface area contributed by atoms with Crippen LogP contribution in [0.25, 0.3) is 0 Å². The van der Waals surface area contributed by atoms with E-state index >= 15 is 0 Å². The van der Waals surface area contributed by atoms with Gasteiger partial charge in [0.15, 0.2) is 0 Å². The first-order chi connectivity index (χ1) is 5.72. The molecule has 0 aromatic heterocycles. The quantitative estimate of drug-likeness (QED) is 0.627. The molecule has 0 amide bonds. The minimum atomic E-state index is -0.269. The number of halogens is 1. The van der Waals surface area contributed by atoms with Gasteiger partial charge in [-0.2, -0.15) is 0 Å². The standard InChI is InChI=1S/C10H11FO/c1-3-4-12-10-6-8(2)5-9(11)7-10/h3,5-7H,1,4H2,2H3. The van der Waals surface area contributed by atoms with Crippen LogP contribution in [0.1, 0.15) is 5.56 Å². The molecule has 0 saturated carbocycles. The van der Waals surface area contributed by atoms with Gasteiger partial charge >= 0.3 is 0 Å². The molecular weight excluding hydrogens is 155 g/mol. The van der Waals surface area contributed by atoms with Crippen molar-refractivity contribution in [2.45, 2.75) is 6.92 Å². The molecule has 0 fully saturated rings. The largest absolute Gasteiger partial charge is 0.489 e. The van der Waals surface area contributed by atoms with Gasteiger partial charge in [-0.15, -0.1) is 0 Å². The van der Waals surface area contributed by atoms with Crippen LogP contribution in [0.3, 0.4) is 0 Å². The van der Waals surface area contributed by atoms with E-state index in [4.69, 9.17) is 4.74 Å². The molecule has 0 aliphatic rings. The van der Waals surface area contributed by atoms with Gasteiger partial charge in [0.05, 0.1) is 0 Å². The maximum Gasteiger partial charge on any atom is 0.127 e. The minimum Gasteiger partial charge on any atom is -0.489 e. The van der Waals surface area contributed by atoms with Crippen LogP contribution in [0.4, 0.5) is 4.39 Å². The van der Waals surface area contributed by atoms with Gasteiger partial charge in [-0.1, -0.05) is 12.7 Å². The Kier molecular flexibility index (Phi) is 2.86. The van der Waals surface area contributed by atoms with Crippen LogP contribution in [0.5, 0.6) is 5.75 Å². The van der Waals surface area contributed by atoms with Crippen LogP contribution in [0.2, 0.25) is 0 Å². The van der Waals surface area contributed by atoms with Gasteiger partial charge < -0.3 is 4.74 Å². The van der Waals surface area contributed by atoms with E-state index in [2.05, 4.69) is 6.58 Å². The molecule has 0 bridgehead atoms. The molecule has 12 heavy (non-hydrogen) atoms. The van der Waals surface area contributed by atoms with E-state index in [0.717, 1.165) is 5.56 Å². The van der Waals surface area contributed by atoms with Gasteiger partial charge in [0.1, 0.15) is 18.2 Å². The summed E-state index contributed by atoms with van der Waals surface area (Å²) in [7, 11) is 0. The van der Waals surface area contributed by atoms with E-state index in [1.54, 1.807) is 12.1 Å². The molecule has 0 heterocycles. The van der Waals surface area contributed by atoms with Crippen molar-refractivity contribution in [1.29, 1.82) is 0 Å². The van der Waals surface area contributed by atoms with E-state index in [0.29, 0.717) is 12.4 Å². The number of benzene rings is 1. The predicted molar refractivity (Wildman–Crippen MR) is 46.8 cm³/mol. The first-order valence-corrected chi connectivity index (χ1v) is 3.73. The molecule has 0 saturated heterocycles. The summed E-state index contributed by atoms with van der Waals surface area (Å²) in [5, 5.41) is 0. The van der Waals surface area contributed by atoms with E-state index < -0.39 is 0 Å². The third-order valence-electron chi connectivity index (χ3n) is 1.38. The molecule has 1 aromatic rings. The summed E-state index contributed by atoms with van der Waals surface area (Å²) in [5.74, 6) is 0.279. The Bertz CT molecular complexity index is 261. The summed E-state index contributed by atoms with van der Waals surface area (Å²) in [6.07, 6.45) is 1.63. The Balaban J connectivity index is 2.78. The summed E-state index contributed by atoms with van der Waals surface area (Å²) in [6, 6.07) is 4.60. The van der Waals surface area contributed by atoms with Gasteiger partial charge in [0.25, 0.3) is 0 Å². The zero-order valence-corrected chi connectivity index (χ0v) is 7.01. The van der Waals surface area contributed by atoms with Crippen molar-refractivity contribution in [3.8, 4) is 5.75 Å². The van der Waals surface area contributed by atoms with E-state index in [1.807, 2.05) is 6.92 Å². The van der Waals surface area contributed by atoms with Crippen LogP contribution in [-0.2, 0) is 0 Å². The monoisotopic (exact) mass is 166 g/mol. The Morgan fingerprint density at radius 1 is 1.50 bits per heavy atom. The van der Waals surface area contributed by atoms with E-state index in [-0.39, 0.29) is 5.82 Å². The number of hydrogen-bond acceptors (Lipinski definition) is 1. The lowest BCUT2D eigenvalue weighted by Gasteiger charge is -2.03. The maximum atomic E-state index is 12.7. The number of ether oxygens (including phenoxy) is 1. The second-order valence-electron chi connectivity index (χ2n) is 2.56. The van der Waals surface area contributed by atoms with Crippen molar-refractivity contribution in [3.05, 3.63) is 42.2 Å².